The molecule has 0 radical (unpaired) electrons. The van der Waals surface area contributed by atoms with Gasteiger partial charge in [0, 0.05) is 6.42 Å². The van der Waals surface area contributed by atoms with Gasteiger partial charge in [-0.2, -0.15) is 5.26 Å². The minimum Gasteiger partial charge on any atom is -0.461 e. The largest absolute Gasteiger partial charge is 0.461 e. The monoisotopic (exact) mass is 203 g/mol. The Morgan fingerprint density at radius 3 is 2.67 bits per heavy atom. The van der Waals surface area contributed by atoms with Crippen molar-refractivity contribution in [3.05, 3.63) is 35.4 Å². The molecule has 78 valence electrons. The second-order valence-electron chi connectivity index (χ2n) is 3.12. The number of hydrogen-bond acceptors (Lipinski definition) is 3. The third kappa shape index (κ3) is 3.43. The van der Waals surface area contributed by atoms with E-state index in [9.17, 15) is 4.79 Å². The van der Waals surface area contributed by atoms with Crippen LogP contribution in [0.2, 0.25) is 0 Å². The lowest BCUT2D eigenvalue weighted by Gasteiger charge is -2.06. The Balaban J connectivity index is 2.67. The summed E-state index contributed by atoms with van der Waals surface area (Å²) in [4.78, 5) is 11.0. The lowest BCUT2D eigenvalue weighted by Crippen LogP contribution is -2.04. The molecule has 3 nitrogen and oxygen atoms in total. The maximum Gasteiger partial charge on any atom is 0.305 e. The van der Waals surface area contributed by atoms with Gasteiger partial charge in [-0.25, -0.2) is 0 Å². The second-order valence-corrected chi connectivity index (χ2v) is 3.12. The van der Waals surface area contributed by atoms with Gasteiger partial charge in [0.05, 0.1) is 12.5 Å². The topological polar surface area (TPSA) is 50.1 Å². The summed E-state index contributed by atoms with van der Waals surface area (Å²) in [5.41, 5.74) is 1.82. The molecule has 1 rings (SSSR count). The van der Waals surface area contributed by atoms with Crippen molar-refractivity contribution in [3.63, 3.8) is 0 Å². The lowest BCUT2D eigenvalue weighted by molar-refractivity contribution is -0.144. The van der Waals surface area contributed by atoms with Gasteiger partial charge in [-0.05, 0) is 11.1 Å². The number of carbonyl (C=O) groups excluding carboxylic acids is 1. The van der Waals surface area contributed by atoms with E-state index in [1.165, 1.54) is 0 Å². The van der Waals surface area contributed by atoms with E-state index < -0.39 is 0 Å². The average molecular weight is 203 g/mol. The fourth-order valence-corrected chi connectivity index (χ4v) is 1.22. The van der Waals surface area contributed by atoms with Crippen LogP contribution in [-0.4, -0.2) is 5.97 Å². The van der Waals surface area contributed by atoms with Crippen molar-refractivity contribution >= 4 is 5.97 Å². The van der Waals surface area contributed by atoms with Crippen LogP contribution in [0.25, 0.3) is 0 Å². The number of esters is 1. The first-order valence-electron chi connectivity index (χ1n) is 4.87. The van der Waals surface area contributed by atoms with Crippen LogP contribution < -0.4 is 0 Å². The average Bonchev–Trinajstić information content (AvgIpc) is 2.28. The molecule has 0 aromatic heterocycles. The molecule has 0 spiro atoms. The molecule has 0 saturated heterocycles. The summed E-state index contributed by atoms with van der Waals surface area (Å²) in [7, 11) is 0. The van der Waals surface area contributed by atoms with Crippen LogP contribution in [0.4, 0.5) is 0 Å². The van der Waals surface area contributed by atoms with E-state index in [-0.39, 0.29) is 12.6 Å². The molecule has 0 atom stereocenters. The van der Waals surface area contributed by atoms with Crippen LogP contribution >= 0.6 is 0 Å². The van der Waals surface area contributed by atoms with E-state index in [0.29, 0.717) is 12.8 Å². The molecule has 0 fully saturated rings. The van der Waals surface area contributed by atoms with Crippen molar-refractivity contribution in [2.24, 2.45) is 0 Å². The minimum absolute atomic E-state index is 0.221. The zero-order chi connectivity index (χ0) is 11.1. The van der Waals surface area contributed by atoms with Crippen LogP contribution in [0.15, 0.2) is 24.3 Å². The highest BCUT2D eigenvalue weighted by molar-refractivity contribution is 5.68. The van der Waals surface area contributed by atoms with Crippen molar-refractivity contribution in [1.29, 1.82) is 5.26 Å². The van der Waals surface area contributed by atoms with Crippen molar-refractivity contribution in [2.45, 2.75) is 26.4 Å². The fourth-order valence-electron chi connectivity index (χ4n) is 1.22. The van der Waals surface area contributed by atoms with E-state index in [0.717, 1.165) is 11.1 Å². The van der Waals surface area contributed by atoms with E-state index >= 15 is 0 Å². The Morgan fingerprint density at radius 1 is 1.40 bits per heavy atom. The number of hydrogen-bond donors (Lipinski definition) is 0. The van der Waals surface area contributed by atoms with Crippen molar-refractivity contribution in [1.82, 2.24) is 0 Å². The zero-order valence-electron chi connectivity index (χ0n) is 8.69. The van der Waals surface area contributed by atoms with Crippen LogP contribution in [0.5, 0.6) is 0 Å². The SMILES string of the molecule is CCC(=O)OCc1ccccc1CC#N. The highest BCUT2D eigenvalue weighted by atomic mass is 16.5. The van der Waals surface area contributed by atoms with Gasteiger partial charge in [-0.15, -0.1) is 0 Å². The molecule has 0 aliphatic rings. The smallest absolute Gasteiger partial charge is 0.305 e. The van der Waals surface area contributed by atoms with Gasteiger partial charge in [0.15, 0.2) is 0 Å². The maximum atomic E-state index is 11.0. The number of carbonyl (C=O) groups is 1. The summed E-state index contributed by atoms with van der Waals surface area (Å²) in [5.74, 6) is -0.221. The summed E-state index contributed by atoms with van der Waals surface area (Å²) < 4.78 is 5.02. The number of nitriles is 1. The highest BCUT2D eigenvalue weighted by Crippen LogP contribution is 2.10. The first-order valence-corrected chi connectivity index (χ1v) is 4.87. The summed E-state index contributed by atoms with van der Waals surface area (Å²) in [6.07, 6.45) is 0.722. The standard InChI is InChI=1S/C12H13NO2/c1-2-12(14)15-9-11-6-4-3-5-10(11)7-8-13/h3-6H,2,7,9H2,1H3. The van der Waals surface area contributed by atoms with Gasteiger partial charge in [-0.1, -0.05) is 31.2 Å². The van der Waals surface area contributed by atoms with Gasteiger partial charge < -0.3 is 4.74 Å². The van der Waals surface area contributed by atoms with Crippen LogP contribution in [0.1, 0.15) is 24.5 Å². The normalized spacial score (nSPS) is 9.33. The molecule has 0 aliphatic carbocycles. The Morgan fingerprint density at radius 2 is 2.07 bits per heavy atom. The summed E-state index contributed by atoms with van der Waals surface area (Å²) in [6, 6.07) is 9.57. The molecule has 0 amide bonds. The Labute approximate surface area is 89.3 Å². The quantitative estimate of drug-likeness (QED) is 0.705. The molecule has 15 heavy (non-hydrogen) atoms. The number of rotatable bonds is 4. The van der Waals surface area contributed by atoms with Gasteiger partial charge in [0.25, 0.3) is 0 Å². The van der Waals surface area contributed by atoms with Crippen molar-refractivity contribution in [2.75, 3.05) is 0 Å². The predicted octanol–water partition coefficient (Wildman–Crippen LogP) is 2.21. The Hall–Kier alpha value is -1.82. The number of nitrogens with zero attached hydrogens (tertiary/aromatic N) is 1. The number of ether oxygens (including phenoxy) is 1. The summed E-state index contributed by atoms with van der Waals surface area (Å²) in [5, 5.41) is 8.61. The van der Waals surface area contributed by atoms with Gasteiger partial charge >= 0.3 is 5.97 Å². The predicted molar refractivity (Wildman–Crippen MR) is 55.8 cm³/mol. The molecule has 1 aromatic carbocycles. The molecule has 3 heteroatoms. The molecule has 0 unspecified atom stereocenters. The fraction of sp³-hybridized carbons (Fsp3) is 0.333. The number of benzene rings is 1. The molecule has 0 bridgehead atoms. The summed E-state index contributed by atoms with van der Waals surface area (Å²) in [6.45, 7) is 2.01. The van der Waals surface area contributed by atoms with E-state index in [2.05, 4.69) is 6.07 Å². The van der Waals surface area contributed by atoms with Crippen molar-refractivity contribution in [3.8, 4) is 6.07 Å². The van der Waals surface area contributed by atoms with Gasteiger partial charge in [-0.3, -0.25) is 4.79 Å². The lowest BCUT2D eigenvalue weighted by atomic mass is 10.1. The molecule has 0 saturated carbocycles. The third-order valence-corrected chi connectivity index (χ3v) is 2.07. The third-order valence-electron chi connectivity index (χ3n) is 2.07. The van der Waals surface area contributed by atoms with E-state index in [1.807, 2.05) is 24.3 Å². The van der Waals surface area contributed by atoms with Gasteiger partial charge in [0.1, 0.15) is 6.61 Å². The van der Waals surface area contributed by atoms with Crippen LogP contribution in [0.3, 0.4) is 0 Å². The molecule has 0 aliphatic heterocycles. The Kier molecular flexibility index (Phi) is 4.36. The zero-order valence-corrected chi connectivity index (χ0v) is 8.69. The van der Waals surface area contributed by atoms with E-state index in [1.54, 1.807) is 6.92 Å². The Bertz CT molecular complexity index is 379. The van der Waals surface area contributed by atoms with Crippen LogP contribution in [-0.2, 0) is 22.6 Å². The van der Waals surface area contributed by atoms with E-state index in [4.69, 9.17) is 10.00 Å². The highest BCUT2D eigenvalue weighted by Gasteiger charge is 2.04. The summed E-state index contributed by atoms with van der Waals surface area (Å²) >= 11 is 0. The maximum absolute atomic E-state index is 11.0. The van der Waals surface area contributed by atoms with Crippen LogP contribution in [0, 0.1) is 11.3 Å². The van der Waals surface area contributed by atoms with Gasteiger partial charge in [0.2, 0.25) is 0 Å². The molecule has 1 aromatic rings. The second kappa shape index (κ2) is 5.82. The molecule has 0 heterocycles. The molecular weight excluding hydrogens is 190 g/mol. The van der Waals surface area contributed by atoms with Crippen molar-refractivity contribution < 1.29 is 9.53 Å². The molecular formula is C12H13NO2. The minimum atomic E-state index is -0.221. The first kappa shape index (κ1) is 11.3. The molecule has 0 N–H and O–H groups in total. The first-order chi connectivity index (χ1) is 7.27.